The summed E-state index contributed by atoms with van der Waals surface area (Å²) in [6.07, 6.45) is 1.81. The number of rotatable bonds is 9. The Morgan fingerprint density at radius 3 is 2.54 bits per heavy atom. The molecule has 5 aromatic rings. The van der Waals surface area contributed by atoms with Gasteiger partial charge in [0.2, 0.25) is 11.8 Å². The van der Waals surface area contributed by atoms with E-state index in [-0.39, 0.29) is 65.1 Å². The van der Waals surface area contributed by atoms with E-state index in [1.165, 1.54) is 18.6 Å². The molecule has 0 aliphatic carbocycles. The predicted octanol–water partition coefficient (Wildman–Crippen LogP) is 6.86. The summed E-state index contributed by atoms with van der Waals surface area (Å²) in [6, 6.07) is 8.54. The third kappa shape index (κ3) is 6.45. The monoisotopic (exact) mass is 758 g/mol. The van der Waals surface area contributed by atoms with Gasteiger partial charge < -0.3 is 19.3 Å². The van der Waals surface area contributed by atoms with Crippen LogP contribution in [-0.2, 0) is 33.8 Å². The maximum Gasteiger partial charge on any atom is 0.246 e. The van der Waals surface area contributed by atoms with Gasteiger partial charge in [0.25, 0.3) is 0 Å². The first-order chi connectivity index (χ1) is 25.8. The van der Waals surface area contributed by atoms with Crippen LogP contribution in [0.3, 0.4) is 0 Å². The molecule has 14 heteroatoms. The number of benzene rings is 2. The summed E-state index contributed by atoms with van der Waals surface area (Å²) in [5, 5.41) is 6.36. The van der Waals surface area contributed by atoms with Crippen molar-refractivity contribution in [2.45, 2.75) is 51.5 Å². The largest absolute Gasteiger partial charge is 0.490 e. The zero-order valence-corrected chi connectivity index (χ0v) is 31.8. The van der Waals surface area contributed by atoms with E-state index in [9.17, 15) is 14.0 Å². The first-order valence-corrected chi connectivity index (χ1v) is 18.5. The first kappa shape index (κ1) is 37.3. The SMILES string of the molecule is C=CC(=O)N1[C@H](C)c2cc(-c3nc(-c4ccc5c(c4)CN(C)[C@H](C(=O)N(C)C)C5)c4scc(F)c4c3-c3c(F)cc(F)cc3OCCOC)nn2C[C@@H]1C. The van der Waals surface area contributed by atoms with Gasteiger partial charge in [0.1, 0.15) is 41.2 Å². The standard InChI is InChI=1S/C40H41F3N6O4S/c1-8-33(50)49-21(2)18-48-30(22(49)3)17-29(45-48)38-36(34-27(42)15-26(41)16-32(34)53-12-11-52-7)35-28(43)20-54-39(35)37(44-38)24-10-9-23-14-31(40(51)46(4)5)47(6)19-25(23)13-24/h8-10,13,15-17,20-22,31H,1,11-12,14,18-19H2,2-7H3/t21-,22+,31-/m0/s1. The molecule has 3 atom stereocenters. The topological polar surface area (TPSA) is 93.0 Å². The number of hydrogen-bond acceptors (Lipinski definition) is 8. The van der Waals surface area contributed by atoms with Crippen molar-refractivity contribution in [3.8, 4) is 39.5 Å². The molecule has 54 heavy (non-hydrogen) atoms. The summed E-state index contributed by atoms with van der Waals surface area (Å²) in [5.74, 6) is -2.78. The Hall–Kier alpha value is -5.05. The minimum absolute atomic E-state index is 0.0194. The van der Waals surface area contributed by atoms with Crippen molar-refractivity contribution >= 4 is 33.2 Å². The van der Waals surface area contributed by atoms with E-state index in [1.54, 1.807) is 34.6 Å². The number of carbonyl (C=O) groups excluding carboxylic acids is 2. The normalized spacial score (nSPS) is 18.4. The number of pyridine rings is 1. The fourth-order valence-corrected chi connectivity index (χ4v) is 8.62. The van der Waals surface area contributed by atoms with E-state index in [0.29, 0.717) is 46.9 Å². The van der Waals surface area contributed by atoms with Crippen LogP contribution < -0.4 is 4.74 Å². The molecule has 2 aliphatic rings. The number of aromatic nitrogens is 3. The number of ether oxygens (including phenoxy) is 2. The summed E-state index contributed by atoms with van der Waals surface area (Å²) in [5.41, 5.74) is 4.26. The Morgan fingerprint density at radius 2 is 1.81 bits per heavy atom. The molecule has 2 aromatic carbocycles. The van der Waals surface area contributed by atoms with Gasteiger partial charge in [-0.05, 0) is 56.7 Å². The number of hydrogen-bond donors (Lipinski definition) is 0. The molecule has 7 rings (SSSR count). The maximum absolute atomic E-state index is 16.4. The highest BCUT2D eigenvalue weighted by molar-refractivity contribution is 7.17. The second-order valence-electron chi connectivity index (χ2n) is 14.0. The van der Waals surface area contributed by atoms with Gasteiger partial charge in [-0.1, -0.05) is 18.7 Å². The van der Waals surface area contributed by atoms with Crippen molar-refractivity contribution in [2.24, 2.45) is 0 Å². The van der Waals surface area contributed by atoms with Gasteiger partial charge in [-0.3, -0.25) is 19.2 Å². The van der Waals surface area contributed by atoms with Crippen LogP contribution >= 0.6 is 11.3 Å². The second kappa shape index (κ2) is 14.6. The third-order valence-electron chi connectivity index (χ3n) is 10.3. The highest BCUT2D eigenvalue weighted by atomic mass is 32.1. The Kier molecular flexibility index (Phi) is 10.1. The zero-order chi connectivity index (χ0) is 38.6. The predicted molar refractivity (Wildman–Crippen MR) is 202 cm³/mol. The lowest BCUT2D eigenvalue weighted by atomic mass is 9.90. The van der Waals surface area contributed by atoms with Crippen LogP contribution in [0.5, 0.6) is 5.75 Å². The van der Waals surface area contributed by atoms with Crippen molar-refractivity contribution < 1.29 is 32.2 Å². The Labute approximate surface area is 315 Å². The Bertz CT molecular complexity index is 2300. The van der Waals surface area contributed by atoms with Gasteiger partial charge in [-0.25, -0.2) is 18.2 Å². The minimum atomic E-state index is -0.961. The van der Waals surface area contributed by atoms with Crippen molar-refractivity contribution in [3.05, 3.63) is 88.7 Å². The lowest BCUT2D eigenvalue weighted by molar-refractivity contribution is -0.134. The molecule has 2 amide bonds. The van der Waals surface area contributed by atoms with Gasteiger partial charge >= 0.3 is 0 Å². The molecule has 0 bridgehead atoms. The molecular formula is C40H41F3N6O4S. The summed E-state index contributed by atoms with van der Waals surface area (Å²) >= 11 is 1.13. The van der Waals surface area contributed by atoms with Crippen LogP contribution in [0.15, 0.2) is 54.4 Å². The third-order valence-corrected chi connectivity index (χ3v) is 11.3. The number of thiophene rings is 1. The summed E-state index contributed by atoms with van der Waals surface area (Å²) in [4.78, 5) is 36.3. The number of likely N-dealkylation sites (N-methyl/N-ethyl adjacent to an activating group) is 2. The van der Waals surface area contributed by atoms with Crippen LogP contribution in [0.25, 0.3) is 43.9 Å². The van der Waals surface area contributed by atoms with Crippen molar-refractivity contribution in [1.29, 1.82) is 0 Å². The Morgan fingerprint density at radius 1 is 1.04 bits per heavy atom. The van der Waals surface area contributed by atoms with Crippen molar-refractivity contribution in [2.75, 3.05) is 41.5 Å². The molecule has 10 nitrogen and oxygen atoms in total. The highest BCUT2D eigenvalue weighted by Crippen LogP contribution is 2.48. The molecule has 0 saturated heterocycles. The van der Waals surface area contributed by atoms with Crippen LogP contribution in [0.2, 0.25) is 0 Å². The average Bonchev–Trinajstić information content (AvgIpc) is 3.74. The number of carbonyl (C=O) groups is 2. The average molecular weight is 759 g/mol. The molecule has 0 radical (unpaired) electrons. The number of methoxy groups -OCH3 is 1. The number of amides is 2. The molecule has 3 aromatic heterocycles. The summed E-state index contributed by atoms with van der Waals surface area (Å²) < 4.78 is 60.7. The van der Waals surface area contributed by atoms with E-state index >= 15 is 8.78 Å². The van der Waals surface area contributed by atoms with Crippen LogP contribution in [0.1, 0.15) is 36.7 Å². The van der Waals surface area contributed by atoms with Gasteiger partial charge in [0.15, 0.2) is 0 Å². The fourth-order valence-electron chi connectivity index (χ4n) is 7.69. The maximum atomic E-state index is 16.4. The van der Waals surface area contributed by atoms with E-state index in [0.717, 1.165) is 34.6 Å². The molecular weight excluding hydrogens is 718 g/mol. The summed E-state index contributed by atoms with van der Waals surface area (Å²) in [7, 11) is 6.88. The molecule has 0 fully saturated rings. The number of fused-ring (bicyclic) bond motifs is 3. The fraction of sp³-hybridized carbons (Fsp3) is 0.350. The number of nitrogens with zero attached hydrogens (tertiary/aromatic N) is 6. The zero-order valence-electron chi connectivity index (χ0n) is 31.0. The van der Waals surface area contributed by atoms with E-state index in [4.69, 9.17) is 19.6 Å². The molecule has 282 valence electrons. The molecule has 5 heterocycles. The second-order valence-corrected chi connectivity index (χ2v) is 14.9. The highest BCUT2D eigenvalue weighted by Gasteiger charge is 2.36. The van der Waals surface area contributed by atoms with Crippen molar-refractivity contribution in [1.82, 2.24) is 29.5 Å². The Balaban J connectivity index is 1.47. The van der Waals surface area contributed by atoms with Gasteiger partial charge in [0.05, 0.1) is 46.9 Å². The molecule has 0 N–H and O–H groups in total. The van der Waals surface area contributed by atoms with E-state index in [2.05, 4.69) is 6.58 Å². The number of halogens is 3. The minimum Gasteiger partial charge on any atom is -0.490 e. The summed E-state index contributed by atoms with van der Waals surface area (Å²) in [6.45, 7) is 8.47. The van der Waals surface area contributed by atoms with E-state index < -0.39 is 23.5 Å². The molecule has 0 unspecified atom stereocenters. The lowest BCUT2D eigenvalue weighted by Crippen LogP contribution is -2.48. The van der Waals surface area contributed by atoms with Gasteiger partial charge in [-0.2, -0.15) is 5.10 Å². The van der Waals surface area contributed by atoms with Crippen LogP contribution in [0, 0.1) is 17.5 Å². The quantitative estimate of drug-likeness (QED) is 0.120. The smallest absolute Gasteiger partial charge is 0.246 e. The molecule has 2 aliphatic heterocycles. The van der Waals surface area contributed by atoms with Gasteiger partial charge in [0, 0.05) is 67.8 Å². The lowest BCUT2D eigenvalue weighted by Gasteiger charge is -2.38. The van der Waals surface area contributed by atoms with Crippen molar-refractivity contribution in [3.63, 3.8) is 0 Å². The molecule has 0 saturated carbocycles. The molecule has 0 spiro atoms. The van der Waals surface area contributed by atoms with Crippen LogP contribution in [-0.4, -0.2) is 94.8 Å². The van der Waals surface area contributed by atoms with Gasteiger partial charge in [-0.15, -0.1) is 11.3 Å². The van der Waals surface area contributed by atoms with E-state index in [1.807, 2.05) is 44.0 Å². The first-order valence-electron chi connectivity index (χ1n) is 17.6. The van der Waals surface area contributed by atoms with Crippen LogP contribution in [0.4, 0.5) is 13.2 Å².